The van der Waals surface area contributed by atoms with E-state index in [2.05, 4.69) is 15.5 Å². The minimum atomic E-state index is -0.0493. The predicted octanol–water partition coefficient (Wildman–Crippen LogP) is 1.32. The monoisotopic (exact) mass is 213 g/mol. The molecule has 1 aromatic rings. The molecule has 0 saturated heterocycles. The third-order valence-corrected chi connectivity index (χ3v) is 2.24. The van der Waals surface area contributed by atoms with Crippen molar-refractivity contribution in [1.29, 1.82) is 0 Å². The Balaban J connectivity index is 2.47. The molecule has 0 bridgehead atoms. The van der Waals surface area contributed by atoms with Gasteiger partial charge in [0, 0.05) is 13.5 Å². The molecule has 1 atom stereocenters. The summed E-state index contributed by atoms with van der Waals surface area (Å²) in [5, 5.41) is 6.98. The summed E-state index contributed by atoms with van der Waals surface area (Å²) in [7, 11) is 3.59. The molecule has 1 unspecified atom stereocenters. The van der Waals surface area contributed by atoms with Crippen molar-refractivity contribution < 1.29 is 9.26 Å². The maximum atomic E-state index is 5.23. The summed E-state index contributed by atoms with van der Waals surface area (Å²) in [5.74, 6) is 1.34. The zero-order valence-corrected chi connectivity index (χ0v) is 9.62. The topological polar surface area (TPSA) is 60.2 Å². The molecule has 0 radical (unpaired) electrons. The minimum absolute atomic E-state index is 0.0493. The van der Waals surface area contributed by atoms with Crippen LogP contribution >= 0.6 is 0 Å². The number of methoxy groups -OCH3 is 1. The summed E-state index contributed by atoms with van der Waals surface area (Å²) in [6.45, 7) is 2.99. The molecule has 0 amide bonds. The SMILES string of the molecule is CCC(OC)c1noc(CCCNC)n1. The molecule has 0 aliphatic heterocycles. The van der Waals surface area contributed by atoms with Crippen molar-refractivity contribution >= 4 is 0 Å². The van der Waals surface area contributed by atoms with Gasteiger partial charge in [-0.2, -0.15) is 4.98 Å². The second-order valence-electron chi connectivity index (χ2n) is 3.39. The molecule has 1 N–H and O–H groups in total. The lowest BCUT2D eigenvalue weighted by Crippen LogP contribution is -2.08. The Morgan fingerprint density at radius 3 is 2.93 bits per heavy atom. The van der Waals surface area contributed by atoms with Gasteiger partial charge < -0.3 is 14.6 Å². The highest BCUT2D eigenvalue weighted by Crippen LogP contribution is 2.16. The number of aryl methyl sites for hydroxylation is 1. The van der Waals surface area contributed by atoms with Crippen LogP contribution in [-0.2, 0) is 11.2 Å². The molecule has 0 aromatic carbocycles. The third kappa shape index (κ3) is 3.60. The van der Waals surface area contributed by atoms with Gasteiger partial charge in [-0.1, -0.05) is 12.1 Å². The number of hydrogen-bond donors (Lipinski definition) is 1. The van der Waals surface area contributed by atoms with Crippen molar-refractivity contribution in [2.24, 2.45) is 0 Å². The molecule has 5 heteroatoms. The van der Waals surface area contributed by atoms with E-state index >= 15 is 0 Å². The zero-order chi connectivity index (χ0) is 11.1. The van der Waals surface area contributed by atoms with Gasteiger partial charge in [0.25, 0.3) is 0 Å². The average Bonchev–Trinajstić information content (AvgIpc) is 2.69. The fourth-order valence-corrected chi connectivity index (χ4v) is 1.37. The van der Waals surface area contributed by atoms with Gasteiger partial charge in [0.2, 0.25) is 11.7 Å². The Hall–Kier alpha value is -0.940. The lowest BCUT2D eigenvalue weighted by Gasteiger charge is -2.05. The minimum Gasteiger partial charge on any atom is -0.373 e. The Bertz CT molecular complexity index is 271. The second-order valence-corrected chi connectivity index (χ2v) is 3.39. The highest BCUT2D eigenvalue weighted by molar-refractivity contribution is 4.91. The quantitative estimate of drug-likeness (QED) is 0.692. The molecule has 5 nitrogen and oxygen atoms in total. The smallest absolute Gasteiger partial charge is 0.226 e. The van der Waals surface area contributed by atoms with Crippen LogP contribution in [0.25, 0.3) is 0 Å². The largest absolute Gasteiger partial charge is 0.373 e. The Kier molecular flexibility index (Phi) is 5.28. The van der Waals surface area contributed by atoms with Crippen LogP contribution in [0.4, 0.5) is 0 Å². The van der Waals surface area contributed by atoms with Crippen LogP contribution in [0.1, 0.15) is 37.6 Å². The van der Waals surface area contributed by atoms with Gasteiger partial charge in [0.15, 0.2) is 0 Å². The first-order chi connectivity index (χ1) is 7.31. The molecule has 15 heavy (non-hydrogen) atoms. The molecule has 86 valence electrons. The molecule has 0 aliphatic rings. The summed E-state index contributed by atoms with van der Waals surface area (Å²) in [6, 6.07) is 0. The Morgan fingerprint density at radius 2 is 2.33 bits per heavy atom. The highest BCUT2D eigenvalue weighted by atomic mass is 16.5. The number of nitrogens with zero attached hydrogens (tertiary/aromatic N) is 2. The molecule has 1 heterocycles. The molecule has 0 fully saturated rings. The van der Waals surface area contributed by atoms with Crippen LogP contribution in [0.3, 0.4) is 0 Å². The number of nitrogens with one attached hydrogen (secondary N) is 1. The van der Waals surface area contributed by atoms with E-state index in [9.17, 15) is 0 Å². The van der Waals surface area contributed by atoms with Crippen LogP contribution < -0.4 is 5.32 Å². The molecule has 1 aromatic heterocycles. The molecule has 0 saturated carbocycles. The van der Waals surface area contributed by atoms with Gasteiger partial charge >= 0.3 is 0 Å². The van der Waals surface area contributed by atoms with E-state index in [-0.39, 0.29) is 6.10 Å². The fraction of sp³-hybridized carbons (Fsp3) is 0.800. The first-order valence-electron chi connectivity index (χ1n) is 5.31. The van der Waals surface area contributed by atoms with Crippen LogP contribution in [0.5, 0.6) is 0 Å². The van der Waals surface area contributed by atoms with E-state index in [0.717, 1.165) is 25.8 Å². The van der Waals surface area contributed by atoms with E-state index in [1.165, 1.54) is 0 Å². The van der Waals surface area contributed by atoms with Crippen molar-refractivity contribution in [3.05, 3.63) is 11.7 Å². The summed E-state index contributed by atoms with van der Waals surface area (Å²) >= 11 is 0. The van der Waals surface area contributed by atoms with E-state index in [1.54, 1.807) is 7.11 Å². The number of hydrogen-bond acceptors (Lipinski definition) is 5. The van der Waals surface area contributed by atoms with E-state index in [4.69, 9.17) is 9.26 Å². The summed E-state index contributed by atoms with van der Waals surface area (Å²) in [4.78, 5) is 4.29. The summed E-state index contributed by atoms with van der Waals surface area (Å²) < 4.78 is 10.4. The number of ether oxygens (including phenoxy) is 1. The maximum Gasteiger partial charge on any atom is 0.226 e. The molecule has 0 aliphatic carbocycles. The first-order valence-corrected chi connectivity index (χ1v) is 5.31. The van der Waals surface area contributed by atoms with Gasteiger partial charge in [-0.3, -0.25) is 0 Å². The third-order valence-electron chi connectivity index (χ3n) is 2.24. The van der Waals surface area contributed by atoms with Gasteiger partial charge in [0.1, 0.15) is 6.10 Å². The van der Waals surface area contributed by atoms with E-state index in [1.807, 2.05) is 14.0 Å². The van der Waals surface area contributed by atoms with Gasteiger partial charge in [-0.05, 0) is 26.4 Å². The zero-order valence-electron chi connectivity index (χ0n) is 9.62. The average molecular weight is 213 g/mol. The van der Waals surface area contributed by atoms with Crippen molar-refractivity contribution in [2.45, 2.75) is 32.3 Å². The molecular weight excluding hydrogens is 194 g/mol. The van der Waals surface area contributed by atoms with Crippen LogP contribution in [0, 0.1) is 0 Å². The maximum absolute atomic E-state index is 5.23. The van der Waals surface area contributed by atoms with E-state index < -0.39 is 0 Å². The summed E-state index contributed by atoms with van der Waals surface area (Å²) in [6.07, 6.45) is 2.62. The van der Waals surface area contributed by atoms with Gasteiger partial charge in [-0.25, -0.2) is 0 Å². The van der Waals surface area contributed by atoms with Gasteiger partial charge in [-0.15, -0.1) is 0 Å². The Labute approximate surface area is 90.2 Å². The summed E-state index contributed by atoms with van der Waals surface area (Å²) in [5.41, 5.74) is 0. The molecular formula is C10H19N3O2. The number of aromatic nitrogens is 2. The fourth-order valence-electron chi connectivity index (χ4n) is 1.37. The lowest BCUT2D eigenvalue weighted by atomic mass is 10.2. The molecule has 0 spiro atoms. The van der Waals surface area contributed by atoms with E-state index in [0.29, 0.717) is 11.7 Å². The standard InChI is InChI=1S/C10H19N3O2/c1-4-8(14-3)10-12-9(15-13-10)6-5-7-11-2/h8,11H,4-7H2,1-3H3. The van der Waals surface area contributed by atoms with Crippen molar-refractivity contribution in [3.63, 3.8) is 0 Å². The second kappa shape index (κ2) is 6.53. The first kappa shape index (κ1) is 12.1. The van der Waals surface area contributed by atoms with Crippen LogP contribution in [0.2, 0.25) is 0 Å². The highest BCUT2D eigenvalue weighted by Gasteiger charge is 2.15. The van der Waals surface area contributed by atoms with Gasteiger partial charge in [0.05, 0.1) is 0 Å². The lowest BCUT2D eigenvalue weighted by molar-refractivity contribution is 0.0903. The van der Waals surface area contributed by atoms with Crippen molar-refractivity contribution in [3.8, 4) is 0 Å². The van der Waals surface area contributed by atoms with Crippen molar-refractivity contribution in [2.75, 3.05) is 20.7 Å². The van der Waals surface area contributed by atoms with Crippen LogP contribution in [-0.4, -0.2) is 30.8 Å². The Morgan fingerprint density at radius 1 is 1.53 bits per heavy atom. The predicted molar refractivity (Wildman–Crippen MR) is 56.6 cm³/mol. The normalized spacial score (nSPS) is 13.0. The number of rotatable bonds is 7. The van der Waals surface area contributed by atoms with Crippen molar-refractivity contribution in [1.82, 2.24) is 15.5 Å². The van der Waals surface area contributed by atoms with Crippen LogP contribution in [0.15, 0.2) is 4.52 Å². The molecule has 1 rings (SSSR count).